The predicted octanol–water partition coefficient (Wildman–Crippen LogP) is 6.49. The zero-order chi connectivity index (χ0) is 29.1. The van der Waals surface area contributed by atoms with Gasteiger partial charge in [-0.25, -0.2) is 13.8 Å². The van der Waals surface area contributed by atoms with Crippen LogP contribution in [0, 0.1) is 11.6 Å². The summed E-state index contributed by atoms with van der Waals surface area (Å²) in [5.74, 6) is -0.0918. The third kappa shape index (κ3) is 5.74. The van der Waals surface area contributed by atoms with Crippen LogP contribution in [0.2, 0.25) is 0 Å². The monoisotopic (exact) mass is 672 g/mol. The summed E-state index contributed by atoms with van der Waals surface area (Å²) >= 11 is 2.30. The van der Waals surface area contributed by atoms with Crippen LogP contribution in [0.25, 0.3) is 6.08 Å². The standard InChI is InChI=1S/C31H31F2IN4O3/c1-4-20-8-10-23(32)26(16-20)36-12-14-37(15-13-36)31-35-30-22(6-5-7-24(30)33)25(18-29(39)41-3)38(31)27-17-21(19-34)9-11-28(27)40-2/h4-11,16-17,25H,1,12-15,18-19H2,2-3H3. The first kappa shape index (κ1) is 28.8. The van der Waals surface area contributed by atoms with Crippen LogP contribution in [0.3, 0.4) is 0 Å². The van der Waals surface area contributed by atoms with Gasteiger partial charge in [0.2, 0.25) is 5.96 Å². The highest BCUT2D eigenvalue weighted by molar-refractivity contribution is 14.1. The van der Waals surface area contributed by atoms with Gasteiger partial charge in [0, 0.05) is 36.2 Å². The first-order chi connectivity index (χ1) is 19.9. The van der Waals surface area contributed by atoms with Gasteiger partial charge in [0.25, 0.3) is 0 Å². The first-order valence-corrected chi connectivity index (χ1v) is 14.8. The van der Waals surface area contributed by atoms with Crippen molar-refractivity contribution in [3.63, 3.8) is 0 Å². The van der Waals surface area contributed by atoms with E-state index < -0.39 is 17.8 Å². The Hall–Kier alpha value is -3.67. The SMILES string of the molecule is C=Cc1ccc(F)c(N2CCN(C3=Nc4c(F)cccc4C(CC(=O)OC)N3c3cc(CI)ccc3OC)CC2)c1. The number of para-hydroxylation sites is 1. The minimum Gasteiger partial charge on any atom is -0.495 e. The number of guanidine groups is 1. The van der Waals surface area contributed by atoms with Gasteiger partial charge in [-0.3, -0.25) is 4.79 Å². The molecular formula is C31H31F2IN4O3. The third-order valence-corrected chi connectivity index (χ3v) is 8.35. The summed E-state index contributed by atoms with van der Waals surface area (Å²) in [7, 11) is 2.94. The molecule has 1 atom stereocenters. The molecule has 5 rings (SSSR count). The molecule has 1 unspecified atom stereocenters. The summed E-state index contributed by atoms with van der Waals surface area (Å²) in [6.07, 6.45) is 1.67. The Morgan fingerprint density at radius 2 is 1.78 bits per heavy atom. The van der Waals surface area contributed by atoms with Gasteiger partial charge in [0.15, 0.2) is 0 Å². The molecule has 0 amide bonds. The minimum atomic E-state index is -0.598. The number of carbonyl (C=O) groups excluding carboxylic acids is 1. The second kappa shape index (κ2) is 12.5. The van der Waals surface area contributed by atoms with E-state index >= 15 is 4.39 Å². The van der Waals surface area contributed by atoms with E-state index in [-0.39, 0.29) is 17.9 Å². The van der Waals surface area contributed by atoms with Gasteiger partial charge in [-0.05, 0) is 41.5 Å². The maximum absolute atomic E-state index is 15.3. The molecule has 0 N–H and O–H groups in total. The van der Waals surface area contributed by atoms with E-state index in [2.05, 4.69) is 34.1 Å². The molecule has 1 saturated heterocycles. The smallest absolute Gasteiger partial charge is 0.307 e. The van der Waals surface area contributed by atoms with Crippen LogP contribution in [0.15, 0.2) is 66.2 Å². The number of esters is 1. The lowest BCUT2D eigenvalue weighted by molar-refractivity contribution is -0.141. The number of methoxy groups -OCH3 is 2. The van der Waals surface area contributed by atoms with Crippen LogP contribution in [0.5, 0.6) is 5.75 Å². The summed E-state index contributed by atoms with van der Waals surface area (Å²) in [4.78, 5) is 23.6. The molecule has 0 saturated carbocycles. The molecule has 3 aromatic carbocycles. The minimum absolute atomic E-state index is 0.0247. The molecular weight excluding hydrogens is 641 g/mol. The summed E-state index contributed by atoms with van der Waals surface area (Å²) in [5, 5.41) is 0. The average molecular weight is 673 g/mol. The molecule has 41 heavy (non-hydrogen) atoms. The number of hydrogen-bond donors (Lipinski definition) is 0. The summed E-state index contributed by atoms with van der Waals surface area (Å²) in [6.45, 7) is 5.82. The predicted molar refractivity (Wildman–Crippen MR) is 166 cm³/mol. The van der Waals surface area contributed by atoms with Gasteiger partial charge in [-0.2, -0.15) is 0 Å². The van der Waals surface area contributed by atoms with Crippen molar-refractivity contribution in [1.82, 2.24) is 4.90 Å². The number of benzene rings is 3. The molecule has 0 radical (unpaired) electrons. The van der Waals surface area contributed by atoms with Crippen molar-refractivity contribution < 1.29 is 23.0 Å². The van der Waals surface area contributed by atoms with Crippen molar-refractivity contribution in [2.24, 2.45) is 4.99 Å². The molecule has 7 nitrogen and oxygen atoms in total. The van der Waals surface area contributed by atoms with E-state index in [9.17, 15) is 9.18 Å². The lowest BCUT2D eigenvalue weighted by atomic mass is 9.96. The lowest BCUT2D eigenvalue weighted by Gasteiger charge is -2.45. The Kier molecular flexibility index (Phi) is 8.77. The highest BCUT2D eigenvalue weighted by Gasteiger charge is 2.39. The van der Waals surface area contributed by atoms with Crippen LogP contribution in [0.1, 0.15) is 29.2 Å². The van der Waals surface area contributed by atoms with Crippen LogP contribution < -0.4 is 14.5 Å². The maximum Gasteiger partial charge on any atom is 0.307 e. The summed E-state index contributed by atoms with van der Waals surface area (Å²) in [5.41, 5.74) is 3.92. The van der Waals surface area contributed by atoms with Crippen LogP contribution in [-0.4, -0.2) is 57.2 Å². The fourth-order valence-electron chi connectivity index (χ4n) is 5.35. The molecule has 1 fully saturated rings. The van der Waals surface area contributed by atoms with Crippen LogP contribution in [-0.2, 0) is 14.0 Å². The Labute approximate surface area is 252 Å². The van der Waals surface area contributed by atoms with Crippen molar-refractivity contribution >= 4 is 57.7 Å². The number of piperazine rings is 1. The maximum atomic E-state index is 15.3. The van der Waals surface area contributed by atoms with E-state index in [4.69, 9.17) is 14.5 Å². The molecule has 214 valence electrons. The number of carbonyl (C=O) groups is 1. The third-order valence-electron chi connectivity index (χ3n) is 7.47. The van der Waals surface area contributed by atoms with Gasteiger partial charge < -0.3 is 24.2 Å². The molecule has 10 heteroatoms. The van der Waals surface area contributed by atoms with Crippen LogP contribution >= 0.6 is 22.6 Å². The van der Waals surface area contributed by atoms with Crippen LogP contribution in [0.4, 0.5) is 25.8 Å². The van der Waals surface area contributed by atoms with E-state index in [1.54, 1.807) is 37.5 Å². The Bertz CT molecular complexity index is 1490. The molecule has 0 bridgehead atoms. The molecule has 3 aromatic rings. The summed E-state index contributed by atoms with van der Waals surface area (Å²) < 4.78 is 41.6. The number of ether oxygens (including phenoxy) is 2. The number of fused-ring (bicyclic) bond motifs is 1. The van der Waals surface area contributed by atoms with E-state index in [0.717, 1.165) is 21.2 Å². The normalized spacial score (nSPS) is 16.7. The topological polar surface area (TPSA) is 57.6 Å². The van der Waals surface area contributed by atoms with E-state index in [0.29, 0.717) is 49.1 Å². The quantitative estimate of drug-likeness (QED) is 0.163. The van der Waals surface area contributed by atoms with Crippen molar-refractivity contribution in [2.75, 3.05) is 50.2 Å². The average Bonchev–Trinajstić information content (AvgIpc) is 3.01. The van der Waals surface area contributed by atoms with Crippen molar-refractivity contribution in [3.05, 3.63) is 89.5 Å². The highest BCUT2D eigenvalue weighted by atomic mass is 127. The highest BCUT2D eigenvalue weighted by Crippen LogP contribution is 2.45. The Morgan fingerprint density at radius 1 is 1.02 bits per heavy atom. The largest absolute Gasteiger partial charge is 0.495 e. The second-order valence-corrected chi connectivity index (χ2v) is 10.5. The number of aliphatic imine (C=N–C) groups is 1. The first-order valence-electron chi connectivity index (χ1n) is 13.3. The van der Waals surface area contributed by atoms with Gasteiger partial charge in [-0.15, -0.1) is 0 Å². The number of hydrogen-bond acceptors (Lipinski definition) is 7. The van der Waals surface area contributed by atoms with Gasteiger partial charge in [0.05, 0.1) is 38.1 Å². The van der Waals surface area contributed by atoms with Crippen molar-refractivity contribution in [1.29, 1.82) is 0 Å². The Balaban J connectivity index is 1.59. The molecule has 0 aromatic heterocycles. The molecule has 2 aliphatic rings. The zero-order valence-electron chi connectivity index (χ0n) is 22.9. The molecule has 0 aliphatic carbocycles. The van der Waals surface area contributed by atoms with Gasteiger partial charge in [-0.1, -0.05) is 59.5 Å². The number of nitrogens with zero attached hydrogens (tertiary/aromatic N) is 4. The molecule has 0 spiro atoms. The molecule has 2 aliphatic heterocycles. The number of alkyl halides is 1. The van der Waals surface area contributed by atoms with E-state index in [1.165, 1.54) is 19.2 Å². The molecule has 2 heterocycles. The number of halogens is 3. The number of rotatable bonds is 7. The van der Waals surface area contributed by atoms with Gasteiger partial charge >= 0.3 is 5.97 Å². The zero-order valence-corrected chi connectivity index (χ0v) is 25.1. The fourth-order valence-corrected chi connectivity index (χ4v) is 5.82. The summed E-state index contributed by atoms with van der Waals surface area (Å²) in [6, 6.07) is 15.0. The fraction of sp³-hybridized carbons (Fsp3) is 0.290. The van der Waals surface area contributed by atoms with E-state index in [1.807, 2.05) is 28.0 Å². The number of anilines is 2. The second-order valence-electron chi connectivity index (χ2n) is 9.78. The van der Waals surface area contributed by atoms with Crippen molar-refractivity contribution in [3.8, 4) is 5.75 Å². The van der Waals surface area contributed by atoms with Crippen molar-refractivity contribution in [2.45, 2.75) is 16.9 Å². The Morgan fingerprint density at radius 3 is 2.46 bits per heavy atom. The van der Waals surface area contributed by atoms with Gasteiger partial charge in [0.1, 0.15) is 23.1 Å². The lowest BCUT2D eigenvalue weighted by Crippen LogP contribution is -2.55.